The second-order valence-electron chi connectivity index (χ2n) is 4.17. The van der Waals surface area contributed by atoms with Crippen molar-refractivity contribution in [3.8, 4) is 0 Å². The molecule has 3 N–H and O–H groups in total. The van der Waals surface area contributed by atoms with E-state index in [4.69, 9.17) is 5.11 Å². The van der Waals surface area contributed by atoms with E-state index in [-0.39, 0.29) is 29.8 Å². The third-order valence-electron chi connectivity index (χ3n) is 2.75. The van der Waals surface area contributed by atoms with Gasteiger partial charge in [-0.05, 0) is 0 Å². The van der Waals surface area contributed by atoms with Gasteiger partial charge in [-0.2, -0.15) is 0 Å². The number of nitrogens with one attached hydrogen (secondary N) is 2. The van der Waals surface area contributed by atoms with Crippen LogP contribution < -0.4 is 10.6 Å². The highest BCUT2D eigenvalue weighted by Crippen LogP contribution is 2.08. The van der Waals surface area contributed by atoms with Gasteiger partial charge in [-0.1, -0.05) is 5.21 Å². The van der Waals surface area contributed by atoms with Crippen molar-refractivity contribution < 1.29 is 19.5 Å². The first-order valence-corrected chi connectivity index (χ1v) is 5.74. The number of aromatic carboxylic acids is 1. The van der Waals surface area contributed by atoms with Crippen LogP contribution in [-0.2, 0) is 16.1 Å². The number of carboxylic acid groups (broad SMARTS) is 1. The third kappa shape index (κ3) is 3.27. The van der Waals surface area contributed by atoms with Crippen LogP contribution in [0.5, 0.6) is 0 Å². The second kappa shape index (κ2) is 5.46. The van der Waals surface area contributed by atoms with Crippen molar-refractivity contribution in [1.82, 2.24) is 25.6 Å². The van der Waals surface area contributed by atoms with Crippen molar-refractivity contribution in [2.45, 2.75) is 13.0 Å². The molecule has 0 saturated carbocycles. The number of nitrogens with zero attached hydrogens (tertiary/aromatic N) is 3. The molecule has 0 radical (unpaired) electrons. The maximum Gasteiger partial charge on any atom is 0.358 e. The van der Waals surface area contributed by atoms with Crippen LogP contribution in [0.1, 0.15) is 16.9 Å². The predicted octanol–water partition coefficient (Wildman–Crippen LogP) is -1.77. The van der Waals surface area contributed by atoms with E-state index in [1.54, 1.807) is 0 Å². The summed E-state index contributed by atoms with van der Waals surface area (Å²) in [6.45, 7) is 0.975. The fraction of sp³-hybridized carbons (Fsp3) is 0.500. The molecule has 102 valence electrons. The van der Waals surface area contributed by atoms with Gasteiger partial charge in [0.05, 0.1) is 18.7 Å². The Morgan fingerprint density at radius 1 is 1.58 bits per heavy atom. The van der Waals surface area contributed by atoms with Gasteiger partial charge in [-0.25, -0.2) is 9.48 Å². The number of hydrogen-bond acceptors (Lipinski definition) is 5. The largest absolute Gasteiger partial charge is 0.476 e. The summed E-state index contributed by atoms with van der Waals surface area (Å²) in [5.74, 6) is -1.80. The lowest BCUT2D eigenvalue weighted by Crippen LogP contribution is -2.34. The molecule has 2 amide bonds. The van der Waals surface area contributed by atoms with Crippen LogP contribution in [0.3, 0.4) is 0 Å². The maximum atomic E-state index is 11.7. The Balaban J connectivity index is 1.75. The smallest absolute Gasteiger partial charge is 0.358 e. The highest BCUT2D eigenvalue weighted by molar-refractivity contribution is 5.89. The molecule has 1 aliphatic heterocycles. The monoisotopic (exact) mass is 267 g/mol. The number of amides is 2. The summed E-state index contributed by atoms with van der Waals surface area (Å²) in [5, 5.41) is 21.0. The summed E-state index contributed by atoms with van der Waals surface area (Å²) >= 11 is 0. The first kappa shape index (κ1) is 13.0. The van der Waals surface area contributed by atoms with Gasteiger partial charge in [-0.3, -0.25) is 9.59 Å². The minimum absolute atomic E-state index is 0.123. The Kier molecular flexibility index (Phi) is 3.74. The number of aromatic nitrogens is 3. The predicted molar refractivity (Wildman–Crippen MR) is 61.1 cm³/mol. The average Bonchev–Trinajstić information content (AvgIpc) is 2.98. The molecule has 1 aliphatic rings. The molecule has 0 bridgehead atoms. The fourth-order valence-electron chi connectivity index (χ4n) is 1.73. The van der Waals surface area contributed by atoms with Crippen molar-refractivity contribution >= 4 is 17.8 Å². The minimum Gasteiger partial charge on any atom is -0.476 e. The van der Waals surface area contributed by atoms with E-state index >= 15 is 0 Å². The highest BCUT2D eigenvalue weighted by atomic mass is 16.4. The van der Waals surface area contributed by atoms with Gasteiger partial charge in [-0.15, -0.1) is 5.10 Å². The van der Waals surface area contributed by atoms with Gasteiger partial charge < -0.3 is 15.7 Å². The number of hydrogen-bond donors (Lipinski definition) is 3. The first-order valence-electron chi connectivity index (χ1n) is 5.74. The van der Waals surface area contributed by atoms with Gasteiger partial charge in [0.2, 0.25) is 11.8 Å². The lowest BCUT2D eigenvalue weighted by atomic mass is 10.1. The van der Waals surface area contributed by atoms with Crippen LogP contribution in [-0.4, -0.2) is 51.0 Å². The Hall–Kier alpha value is -2.45. The molecule has 0 aromatic carbocycles. The average molecular weight is 267 g/mol. The molecule has 9 nitrogen and oxygen atoms in total. The maximum absolute atomic E-state index is 11.7. The van der Waals surface area contributed by atoms with E-state index in [0.717, 1.165) is 0 Å². The van der Waals surface area contributed by atoms with Crippen molar-refractivity contribution in [1.29, 1.82) is 0 Å². The number of rotatable bonds is 5. The molecule has 1 aromatic rings. The van der Waals surface area contributed by atoms with Crippen LogP contribution in [0.25, 0.3) is 0 Å². The zero-order valence-electron chi connectivity index (χ0n) is 10.00. The van der Waals surface area contributed by atoms with Crippen molar-refractivity contribution in [2.75, 3.05) is 13.1 Å². The Bertz CT molecular complexity index is 512. The molecule has 1 saturated heterocycles. The van der Waals surface area contributed by atoms with Gasteiger partial charge in [0.1, 0.15) is 0 Å². The summed E-state index contributed by atoms with van der Waals surface area (Å²) < 4.78 is 1.34. The Morgan fingerprint density at radius 2 is 2.37 bits per heavy atom. The molecule has 2 heterocycles. The van der Waals surface area contributed by atoms with Crippen LogP contribution in [0.2, 0.25) is 0 Å². The Labute approximate surface area is 108 Å². The second-order valence-corrected chi connectivity index (χ2v) is 4.17. The molecule has 9 heteroatoms. The third-order valence-corrected chi connectivity index (χ3v) is 2.75. The molecule has 1 atom stereocenters. The molecule has 1 fully saturated rings. The van der Waals surface area contributed by atoms with Crippen molar-refractivity contribution in [3.05, 3.63) is 11.9 Å². The quantitative estimate of drug-likeness (QED) is 0.579. The summed E-state index contributed by atoms with van der Waals surface area (Å²) in [5.41, 5.74) is -0.142. The van der Waals surface area contributed by atoms with Gasteiger partial charge in [0, 0.05) is 19.5 Å². The lowest BCUT2D eigenvalue weighted by Gasteiger charge is -2.08. The molecular weight excluding hydrogens is 254 g/mol. The summed E-state index contributed by atoms with van der Waals surface area (Å²) in [6.07, 6.45) is 1.49. The highest BCUT2D eigenvalue weighted by Gasteiger charge is 2.27. The zero-order chi connectivity index (χ0) is 13.8. The molecule has 2 rings (SSSR count). The van der Waals surface area contributed by atoms with E-state index < -0.39 is 5.97 Å². The number of carbonyl (C=O) groups is 3. The summed E-state index contributed by atoms with van der Waals surface area (Å²) in [6, 6.07) is 0. The summed E-state index contributed by atoms with van der Waals surface area (Å²) in [4.78, 5) is 33.2. The van der Waals surface area contributed by atoms with E-state index in [0.29, 0.717) is 19.6 Å². The lowest BCUT2D eigenvalue weighted by molar-refractivity contribution is -0.126. The van der Waals surface area contributed by atoms with E-state index in [1.165, 1.54) is 10.9 Å². The SMILES string of the molecule is O=C1CC(C(=O)NCCn2cc(C(=O)O)nn2)CN1. The van der Waals surface area contributed by atoms with Gasteiger partial charge >= 0.3 is 5.97 Å². The van der Waals surface area contributed by atoms with E-state index in [9.17, 15) is 14.4 Å². The van der Waals surface area contributed by atoms with Crippen molar-refractivity contribution in [3.63, 3.8) is 0 Å². The number of carboxylic acids is 1. The first-order chi connectivity index (χ1) is 9.06. The topological polar surface area (TPSA) is 126 Å². The summed E-state index contributed by atoms with van der Waals surface area (Å²) in [7, 11) is 0. The zero-order valence-corrected chi connectivity index (χ0v) is 10.00. The molecule has 19 heavy (non-hydrogen) atoms. The van der Waals surface area contributed by atoms with E-state index in [2.05, 4.69) is 20.9 Å². The molecule has 1 unspecified atom stereocenters. The van der Waals surface area contributed by atoms with Crippen LogP contribution >= 0.6 is 0 Å². The number of carbonyl (C=O) groups excluding carboxylic acids is 2. The minimum atomic E-state index is -1.15. The normalized spacial score (nSPS) is 18.1. The van der Waals surface area contributed by atoms with Crippen LogP contribution in [0.4, 0.5) is 0 Å². The molecule has 0 aliphatic carbocycles. The Morgan fingerprint density at radius 3 is 2.95 bits per heavy atom. The van der Waals surface area contributed by atoms with Crippen LogP contribution in [0.15, 0.2) is 6.20 Å². The van der Waals surface area contributed by atoms with Crippen LogP contribution in [0, 0.1) is 5.92 Å². The van der Waals surface area contributed by atoms with Crippen molar-refractivity contribution in [2.24, 2.45) is 5.92 Å². The fourth-order valence-corrected chi connectivity index (χ4v) is 1.73. The standard InChI is InChI=1S/C10H13N5O4/c16-8-3-6(4-12-8)9(17)11-1-2-15-5-7(10(18)19)13-14-15/h5-6H,1-4H2,(H,11,17)(H,12,16)(H,18,19). The molecule has 1 aromatic heterocycles. The molecular formula is C10H13N5O4. The van der Waals surface area contributed by atoms with E-state index in [1.807, 2.05) is 0 Å². The molecule has 0 spiro atoms. The van der Waals surface area contributed by atoms with Gasteiger partial charge in [0.15, 0.2) is 5.69 Å². The van der Waals surface area contributed by atoms with Gasteiger partial charge in [0.25, 0.3) is 0 Å².